The number of nitrogens with zero attached hydrogens (tertiary/aromatic N) is 4. The number of carbonyl (C=O) groups excluding carboxylic acids is 1. The quantitative estimate of drug-likeness (QED) is 0.528. The van der Waals surface area contributed by atoms with Crippen LogP contribution in [0.5, 0.6) is 0 Å². The number of anilines is 1. The summed E-state index contributed by atoms with van der Waals surface area (Å²) >= 11 is 0. The molecule has 3 aromatic carbocycles. The van der Waals surface area contributed by atoms with E-state index in [-0.39, 0.29) is 11.7 Å². The number of hydrogen-bond donors (Lipinski definition) is 0. The predicted molar refractivity (Wildman–Crippen MR) is 113 cm³/mol. The molecule has 5 heteroatoms. The molecule has 5 rings (SSSR count). The van der Waals surface area contributed by atoms with Crippen molar-refractivity contribution in [3.05, 3.63) is 95.8 Å². The number of para-hydroxylation sites is 2. The molecule has 5 nitrogen and oxygen atoms in total. The minimum Gasteiger partial charge on any atom is -0.305 e. The van der Waals surface area contributed by atoms with Gasteiger partial charge in [-0.05, 0) is 36.6 Å². The van der Waals surface area contributed by atoms with Crippen LogP contribution in [0.1, 0.15) is 21.7 Å². The van der Waals surface area contributed by atoms with Gasteiger partial charge in [0.25, 0.3) is 5.91 Å². The lowest BCUT2D eigenvalue weighted by atomic mass is 10.1. The van der Waals surface area contributed by atoms with Gasteiger partial charge in [0, 0.05) is 12.1 Å². The summed E-state index contributed by atoms with van der Waals surface area (Å²) in [7, 11) is 0. The second kappa shape index (κ2) is 7.02. The Bertz CT molecular complexity index is 1130. The van der Waals surface area contributed by atoms with Gasteiger partial charge in [0.2, 0.25) is 5.82 Å². The molecule has 0 saturated carbocycles. The van der Waals surface area contributed by atoms with Crippen molar-refractivity contribution in [2.24, 2.45) is 0 Å². The first-order valence-electron chi connectivity index (χ1n) is 9.70. The maximum Gasteiger partial charge on any atom is 0.297 e. The molecule has 0 N–H and O–H groups in total. The van der Waals surface area contributed by atoms with E-state index in [1.165, 1.54) is 5.56 Å². The Hall–Kier alpha value is -3.73. The van der Waals surface area contributed by atoms with Crippen LogP contribution in [0.3, 0.4) is 0 Å². The van der Waals surface area contributed by atoms with Crippen LogP contribution in [-0.4, -0.2) is 27.2 Å². The van der Waals surface area contributed by atoms with Crippen LogP contribution < -0.4 is 4.90 Å². The first-order valence-corrected chi connectivity index (χ1v) is 9.70. The minimum absolute atomic E-state index is 0.162. The van der Waals surface area contributed by atoms with Gasteiger partial charge in [-0.3, -0.25) is 4.79 Å². The van der Waals surface area contributed by atoms with E-state index >= 15 is 0 Å². The Kier molecular flexibility index (Phi) is 4.21. The number of aryl methyl sites for hydroxylation is 1. The molecule has 0 bridgehead atoms. The molecule has 142 valence electrons. The van der Waals surface area contributed by atoms with Crippen molar-refractivity contribution in [1.29, 1.82) is 0 Å². The van der Waals surface area contributed by atoms with E-state index in [2.05, 4.69) is 16.1 Å². The lowest BCUT2D eigenvalue weighted by Crippen LogP contribution is -2.30. The van der Waals surface area contributed by atoms with E-state index in [1.54, 1.807) is 4.68 Å². The molecule has 0 unspecified atom stereocenters. The Morgan fingerprint density at radius 1 is 0.897 bits per heavy atom. The average molecular weight is 380 g/mol. The van der Waals surface area contributed by atoms with Gasteiger partial charge in [0.15, 0.2) is 5.82 Å². The van der Waals surface area contributed by atoms with Crippen molar-refractivity contribution in [2.45, 2.75) is 13.3 Å². The van der Waals surface area contributed by atoms with Gasteiger partial charge in [-0.15, -0.1) is 5.10 Å². The Labute approximate surface area is 169 Å². The fourth-order valence-corrected chi connectivity index (χ4v) is 3.90. The van der Waals surface area contributed by atoms with Crippen molar-refractivity contribution in [1.82, 2.24) is 14.8 Å². The number of carbonyl (C=O) groups is 1. The molecule has 1 amide bonds. The number of amides is 1. The van der Waals surface area contributed by atoms with Crippen molar-refractivity contribution >= 4 is 11.6 Å². The van der Waals surface area contributed by atoms with E-state index in [0.29, 0.717) is 12.4 Å². The second-order valence-corrected chi connectivity index (χ2v) is 7.16. The Balaban J connectivity index is 1.61. The number of benzene rings is 3. The van der Waals surface area contributed by atoms with Gasteiger partial charge >= 0.3 is 0 Å². The first kappa shape index (κ1) is 17.4. The highest BCUT2D eigenvalue weighted by molar-refractivity contribution is 6.05. The summed E-state index contributed by atoms with van der Waals surface area (Å²) in [6.45, 7) is 2.69. The zero-order valence-corrected chi connectivity index (χ0v) is 16.1. The summed E-state index contributed by atoms with van der Waals surface area (Å²) in [5, 5.41) is 4.62. The van der Waals surface area contributed by atoms with Crippen molar-refractivity contribution in [3.63, 3.8) is 0 Å². The van der Waals surface area contributed by atoms with Crippen molar-refractivity contribution in [3.8, 4) is 17.1 Å². The fraction of sp³-hybridized carbons (Fsp3) is 0.125. The predicted octanol–water partition coefficient (Wildman–Crippen LogP) is 4.45. The molecule has 1 aliphatic heterocycles. The lowest BCUT2D eigenvalue weighted by molar-refractivity contribution is 0.0979. The highest BCUT2D eigenvalue weighted by atomic mass is 16.2. The molecular weight excluding hydrogens is 360 g/mol. The summed E-state index contributed by atoms with van der Waals surface area (Å²) in [5.74, 6) is 0.707. The zero-order valence-electron chi connectivity index (χ0n) is 16.1. The highest BCUT2D eigenvalue weighted by Crippen LogP contribution is 2.32. The summed E-state index contributed by atoms with van der Waals surface area (Å²) in [6.07, 6.45) is 0.855. The number of aromatic nitrogens is 3. The monoisotopic (exact) mass is 380 g/mol. The number of fused-ring (bicyclic) bond motifs is 1. The van der Waals surface area contributed by atoms with Gasteiger partial charge in [-0.25, -0.2) is 9.67 Å². The Morgan fingerprint density at radius 3 is 2.38 bits per heavy atom. The SMILES string of the molecule is Cc1cccc2c1N(C(=O)c1nc(-c3ccccc3)n(-c3ccccc3)n1)CC2. The smallest absolute Gasteiger partial charge is 0.297 e. The lowest BCUT2D eigenvalue weighted by Gasteiger charge is -2.17. The third-order valence-corrected chi connectivity index (χ3v) is 5.27. The van der Waals surface area contributed by atoms with Crippen LogP contribution in [0.25, 0.3) is 17.1 Å². The second-order valence-electron chi connectivity index (χ2n) is 7.16. The molecule has 4 aromatic rings. The zero-order chi connectivity index (χ0) is 19.8. The molecule has 0 spiro atoms. The van der Waals surface area contributed by atoms with E-state index in [1.807, 2.05) is 84.6 Å². The molecule has 1 aliphatic rings. The van der Waals surface area contributed by atoms with Gasteiger partial charge < -0.3 is 4.90 Å². The van der Waals surface area contributed by atoms with Crippen LogP contribution in [0.4, 0.5) is 5.69 Å². The number of hydrogen-bond acceptors (Lipinski definition) is 3. The van der Waals surface area contributed by atoms with Gasteiger partial charge in [-0.2, -0.15) is 0 Å². The largest absolute Gasteiger partial charge is 0.305 e. The van der Waals surface area contributed by atoms with Gasteiger partial charge in [-0.1, -0.05) is 66.7 Å². The summed E-state index contributed by atoms with van der Waals surface area (Å²) < 4.78 is 1.75. The van der Waals surface area contributed by atoms with Crippen LogP contribution >= 0.6 is 0 Å². The van der Waals surface area contributed by atoms with Crippen LogP contribution in [0.15, 0.2) is 78.9 Å². The topological polar surface area (TPSA) is 51.0 Å². The van der Waals surface area contributed by atoms with E-state index in [9.17, 15) is 4.79 Å². The van der Waals surface area contributed by atoms with E-state index in [0.717, 1.165) is 28.9 Å². The van der Waals surface area contributed by atoms with Crippen molar-refractivity contribution in [2.75, 3.05) is 11.4 Å². The number of rotatable bonds is 3. The molecule has 2 heterocycles. The highest BCUT2D eigenvalue weighted by Gasteiger charge is 2.30. The van der Waals surface area contributed by atoms with Gasteiger partial charge in [0.1, 0.15) is 0 Å². The normalized spacial score (nSPS) is 12.8. The standard InChI is InChI=1S/C24H20N4O/c1-17-9-8-12-18-15-16-27(21(17)18)24(29)22-25-23(19-10-4-2-5-11-19)28(26-22)20-13-6-3-7-14-20/h2-14H,15-16H2,1H3. The third kappa shape index (κ3) is 3.01. The van der Waals surface area contributed by atoms with Gasteiger partial charge in [0.05, 0.1) is 11.4 Å². The fourth-order valence-electron chi connectivity index (χ4n) is 3.90. The molecule has 0 fully saturated rings. The summed E-state index contributed by atoms with van der Waals surface area (Å²) in [6, 6.07) is 25.8. The maximum absolute atomic E-state index is 13.4. The summed E-state index contributed by atoms with van der Waals surface area (Å²) in [5.41, 5.74) is 5.08. The Morgan fingerprint density at radius 2 is 1.62 bits per heavy atom. The van der Waals surface area contributed by atoms with E-state index in [4.69, 9.17) is 0 Å². The molecule has 0 radical (unpaired) electrons. The van der Waals surface area contributed by atoms with Crippen LogP contribution in [0, 0.1) is 6.92 Å². The molecule has 29 heavy (non-hydrogen) atoms. The van der Waals surface area contributed by atoms with Crippen LogP contribution in [-0.2, 0) is 6.42 Å². The van der Waals surface area contributed by atoms with Crippen molar-refractivity contribution < 1.29 is 4.79 Å². The maximum atomic E-state index is 13.4. The molecule has 0 saturated heterocycles. The minimum atomic E-state index is -0.162. The average Bonchev–Trinajstić information content (AvgIpc) is 3.40. The molecule has 1 aromatic heterocycles. The third-order valence-electron chi connectivity index (χ3n) is 5.27. The molecular formula is C24H20N4O. The molecule has 0 atom stereocenters. The summed E-state index contributed by atoms with van der Waals surface area (Å²) in [4.78, 5) is 19.9. The first-order chi connectivity index (χ1) is 14.2. The molecule has 0 aliphatic carbocycles. The van der Waals surface area contributed by atoms with E-state index < -0.39 is 0 Å². The van der Waals surface area contributed by atoms with Crippen LogP contribution in [0.2, 0.25) is 0 Å².